The number of rotatable bonds is 1. The van der Waals surface area contributed by atoms with E-state index in [9.17, 15) is 4.79 Å². The van der Waals surface area contributed by atoms with Crippen LogP contribution in [0.15, 0.2) is 16.8 Å². The lowest BCUT2D eigenvalue weighted by Gasteiger charge is -2.24. The van der Waals surface area contributed by atoms with Gasteiger partial charge in [0.05, 0.1) is 0 Å². The number of ether oxygens (including phenoxy) is 1. The zero-order valence-corrected chi connectivity index (χ0v) is 11.4. The molecule has 4 heteroatoms. The fourth-order valence-electron chi connectivity index (χ4n) is 2.03. The van der Waals surface area contributed by atoms with Crippen LogP contribution in [0.1, 0.15) is 38.7 Å². The first kappa shape index (κ1) is 12.4. The van der Waals surface area contributed by atoms with Crippen LogP contribution in [-0.2, 0) is 4.74 Å². The maximum Gasteiger partial charge on any atom is 0.410 e. The lowest BCUT2D eigenvalue weighted by Crippen LogP contribution is -2.35. The van der Waals surface area contributed by atoms with Crippen LogP contribution in [0.25, 0.3) is 0 Å². The average Bonchev–Trinajstić information content (AvgIpc) is 2.86. The van der Waals surface area contributed by atoms with Crippen molar-refractivity contribution in [1.29, 1.82) is 0 Å². The van der Waals surface area contributed by atoms with Crippen LogP contribution in [-0.4, -0.2) is 29.7 Å². The lowest BCUT2D eigenvalue weighted by atomic mass is 10.0. The molecule has 0 saturated carbocycles. The first-order chi connectivity index (χ1) is 7.96. The van der Waals surface area contributed by atoms with Gasteiger partial charge in [0.15, 0.2) is 0 Å². The molecule has 0 radical (unpaired) electrons. The van der Waals surface area contributed by atoms with E-state index in [0.29, 0.717) is 5.92 Å². The predicted molar refractivity (Wildman–Crippen MR) is 69.5 cm³/mol. The van der Waals surface area contributed by atoms with Gasteiger partial charge in [-0.1, -0.05) is 0 Å². The number of hydrogen-bond acceptors (Lipinski definition) is 3. The van der Waals surface area contributed by atoms with Gasteiger partial charge in [-0.3, -0.25) is 0 Å². The molecule has 2 rings (SSSR count). The molecule has 0 aromatic carbocycles. The second-order valence-electron chi connectivity index (χ2n) is 5.47. The summed E-state index contributed by atoms with van der Waals surface area (Å²) in [6.07, 6.45) is 0.853. The van der Waals surface area contributed by atoms with Crippen LogP contribution in [0, 0.1) is 0 Å². The fraction of sp³-hybridized carbons (Fsp3) is 0.615. The third-order valence-corrected chi connectivity index (χ3v) is 3.56. The third-order valence-electron chi connectivity index (χ3n) is 2.85. The van der Waals surface area contributed by atoms with E-state index in [1.165, 1.54) is 5.56 Å². The van der Waals surface area contributed by atoms with E-state index < -0.39 is 5.60 Å². The maximum absolute atomic E-state index is 11.9. The molecule has 1 saturated heterocycles. The molecule has 0 spiro atoms. The van der Waals surface area contributed by atoms with Crippen molar-refractivity contribution in [3.63, 3.8) is 0 Å². The minimum atomic E-state index is -0.405. The molecular formula is C13H19NO2S. The SMILES string of the molecule is CC(C)(C)OC(=O)N1CCC(c2ccsc2)C1. The Bertz CT molecular complexity index is 381. The van der Waals surface area contributed by atoms with E-state index >= 15 is 0 Å². The molecular weight excluding hydrogens is 234 g/mol. The summed E-state index contributed by atoms with van der Waals surface area (Å²) in [5.41, 5.74) is 0.943. The Hall–Kier alpha value is -1.03. The summed E-state index contributed by atoms with van der Waals surface area (Å²) in [6.45, 7) is 7.28. The normalized spacial score (nSPS) is 20.6. The van der Waals surface area contributed by atoms with Crippen LogP contribution in [0.4, 0.5) is 4.79 Å². The summed E-state index contributed by atoms with van der Waals surface area (Å²) >= 11 is 1.71. The quantitative estimate of drug-likeness (QED) is 0.767. The van der Waals surface area contributed by atoms with Crippen LogP contribution >= 0.6 is 11.3 Å². The maximum atomic E-state index is 11.9. The van der Waals surface area contributed by atoms with Gasteiger partial charge in [0.25, 0.3) is 0 Å². The number of likely N-dealkylation sites (tertiary alicyclic amines) is 1. The summed E-state index contributed by atoms with van der Waals surface area (Å²) < 4.78 is 5.38. The van der Waals surface area contributed by atoms with Gasteiger partial charge < -0.3 is 9.64 Å². The molecule has 0 bridgehead atoms. The number of hydrogen-bond donors (Lipinski definition) is 0. The summed E-state index contributed by atoms with van der Waals surface area (Å²) in [7, 11) is 0. The van der Waals surface area contributed by atoms with Gasteiger partial charge in [0.2, 0.25) is 0 Å². The zero-order valence-electron chi connectivity index (χ0n) is 10.6. The molecule has 2 heterocycles. The molecule has 94 valence electrons. The van der Waals surface area contributed by atoms with E-state index in [1.54, 1.807) is 11.3 Å². The predicted octanol–water partition coefficient (Wildman–Crippen LogP) is 3.47. The van der Waals surface area contributed by atoms with E-state index in [2.05, 4.69) is 16.8 Å². The molecule has 1 atom stereocenters. The summed E-state index contributed by atoms with van der Waals surface area (Å²) in [5.74, 6) is 0.480. The van der Waals surface area contributed by atoms with Crippen LogP contribution in [0.3, 0.4) is 0 Å². The highest BCUT2D eigenvalue weighted by Gasteiger charge is 2.30. The first-order valence-electron chi connectivity index (χ1n) is 5.96. The molecule has 1 aliphatic heterocycles. The Morgan fingerprint density at radius 3 is 2.88 bits per heavy atom. The molecule has 17 heavy (non-hydrogen) atoms. The van der Waals surface area contributed by atoms with Gasteiger partial charge in [-0.25, -0.2) is 4.79 Å². The van der Waals surface area contributed by atoms with Gasteiger partial charge in [-0.15, -0.1) is 0 Å². The van der Waals surface area contributed by atoms with Gasteiger partial charge in [-0.2, -0.15) is 11.3 Å². The first-order valence-corrected chi connectivity index (χ1v) is 6.90. The van der Waals surface area contributed by atoms with Crippen molar-refractivity contribution in [2.75, 3.05) is 13.1 Å². The molecule has 3 nitrogen and oxygen atoms in total. The Morgan fingerprint density at radius 1 is 1.53 bits per heavy atom. The minimum Gasteiger partial charge on any atom is -0.444 e. The van der Waals surface area contributed by atoms with Gasteiger partial charge >= 0.3 is 6.09 Å². The molecule has 1 aromatic rings. The molecule has 1 amide bonds. The highest BCUT2D eigenvalue weighted by atomic mass is 32.1. The largest absolute Gasteiger partial charge is 0.444 e. The molecule has 1 aromatic heterocycles. The zero-order chi connectivity index (χ0) is 12.5. The van der Waals surface area contributed by atoms with Crippen molar-refractivity contribution < 1.29 is 9.53 Å². The fourth-order valence-corrected chi connectivity index (χ4v) is 2.77. The van der Waals surface area contributed by atoms with Crippen molar-refractivity contribution in [2.45, 2.75) is 38.7 Å². The summed E-state index contributed by atoms with van der Waals surface area (Å²) in [4.78, 5) is 13.7. The van der Waals surface area contributed by atoms with Crippen molar-refractivity contribution in [3.05, 3.63) is 22.4 Å². The second-order valence-corrected chi connectivity index (χ2v) is 6.25. The van der Waals surface area contributed by atoms with Crippen molar-refractivity contribution in [2.24, 2.45) is 0 Å². The van der Waals surface area contributed by atoms with Crippen LogP contribution < -0.4 is 0 Å². The molecule has 0 N–H and O–H groups in total. The van der Waals surface area contributed by atoms with Crippen molar-refractivity contribution in [3.8, 4) is 0 Å². The Labute approximate surface area is 106 Å². The van der Waals surface area contributed by atoms with E-state index in [0.717, 1.165) is 19.5 Å². The minimum absolute atomic E-state index is 0.185. The topological polar surface area (TPSA) is 29.5 Å². The number of thiophene rings is 1. The summed E-state index contributed by atoms with van der Waals surface area (Å²) in [6, 6.07) is 2.15. The lowest BCUT2D eigenvalue weighted by molar-refractivity contribution is 0.0292. The Balaban J connectivity index is 1.92. The van der Waals surface area contributed by atoms with E-state index in [-0.39, 0.29) is 6.09 Å². The monoisotopic (exact) mass is 253 g/mol. The highest BCUT2D eigenvalue weighted by molar-refractivity contribution is 7.07. The van der Waals surface area contributed by atoms with Crippen molar-refractivity contribution >= 4 is 17.4 Å². The smallest absolute Gasteiger partial charge is 0.410 e. The van der Waals surface area contributed by atoms with Gasteiger partial charge in [0.1, 0.15) is 5.60 Å². The summed E-state index contributed by atoms with van der Waals surface area (Å²) in [5, 5.41) is 4.26. The number of carbonyl (C=O) groups excluding carboxylic acids is 1. The van der Waals surface area contributed by atoms with E-state index in [1.807, 2.05) is 25.7 Å². The molecule has 1 aliphatic rings. The average molecular weight is 253 g/mol. The van der Waals surface area contributed by atoms with E-state index in [4.69, 9.17) is 4.74 Å². The highest BCUT2D eigenvalue weighted by Crippen LogP contribution is 2.29. The van der Waals surface area contributed by atoms with Gasteiger partial charge in [0, 0.05) is 19.0 Å². The molecule has 0 aliphatic carbocycles. The van der Waals surface area contributed by atoms with Crippen LogP contribution in [0.2, 0.25) is 0 Å². The molecule has 1 fully saturated rings. The number of amides is 1. The van der Waals surface area contributed by atoms with Crippen LogP contribution in [0.5, 0.6) is 0 Å². The second kappa shape index (κ2) is 4.69. The third kappa shape index (κ3) is 3.22. The van der Waals surface area contributed by atoms with Gasteiger partial charge in [-0.05, 0) is 49.6 Å². The Kier molecular flexibility index (Phi) is 3.43. The standard InChI is InChI=1S/C13H19NO2S/c1-13(2,3)16-12(15)14-6-4-10(8-14)11-5-7-17-9-11/h5,7,9-10H,4,6,8H2,1-3H3. The van der Waals surface area contributed by atoms with Crippen molar-refractivity contribution in [1.82, 2.24) is 4.90 Å². The number of carbonyl (C=O) groups is 1. The number of nitrogens with zero attached hydrogens (tertiary/aromatic N) is 1. The molecule has 1 unspecified atom stereocenters. The Morgan fingerprint density at radius 2 is 2.29 bits per heavy atom.